The molecule has 4 atom stereocenters. The van der Waals surface area contributed by atoms with Crippen LogP contribution in [0.5, 0.6) is 0 Å². The van der Waals surface area contributed by atoms with Gasteiger partial charge in [0.1, 0.15) is 6.10 Å². The minimum Gasteiger partial charge on any atom is -0.393 e. The van der Waals surface area contributed by atoms with Crippen LogP contribution in [0.15, 0.2) is 11.1 Å². The number of phosphoric acid groups is 1. The van der Waals surface area contributed by atoms with Gasteiger partial charge in [-0.3, -0.25) is 14.2 Å². The first-order chi connectivity index (χ1) is 17.2. The Bertz CT molecular complexity index is 1190. The van der Waals surface area contributed by atoms with Crippen LogP contribution in [0.2, 0.25) is 0 Å². The molecule has 0 saturated carbocycles. The molecule has 3 rings (SSSR count). The van der Waals surface area contributed by atoms with Crippen molar-refractivity contribution in [2.45, 2.75) is 58.8 Å². The Morgan fingerprint density at radius 3 is 2.30 bits per heavy atom. The highest BCUT2D eigenvalue weighted by atomic mass is 31.2. The Hall–Kier alpha value is -2.27. The topological polar surface area (TPSA) is 236 Å². The second kappa shape index (κ2) is 12.1. The largest absolute Gasteiger partial charge is 0.472 e. The molecular formula is C20H35N6O10P. The summed E-state index contributed by atoms with van der Waals surface area (Å²) in [4.78, 5) is 53.1. The van der Waals surface area contributed by atoms with Crippen molar-refractivity contribution in [2.24, 2.45) is 5.92 Å². The van der Waals surface area contributed by atoms with Crippen molar-refractivity contribution in [1.82, 2.24) is 24.0 Å². The number of nitrogens with two attached hydrogens (primary N) is 1. The number of aromatic nitrogens is 4. The molecular weight excluding hydrogens is 515 g/mol. The van der Waals surface area contributed by atoms with Gasteiger partial charge in [-0.2, -0.15) is 4.98 Å². The van der Waals surface area contributed by atoms with Crippen molar-refractivity contribution < 1.29 is 43.7 Å². The zero-order valence-corrected chi connectivity index (χ0v) is 22.1. The lowest BCUT2D eigenvalue weighted by Gasteiger charge is -2.29. The fourth-order valence-electron chi connectivity index (χ4n) is 3.74. The van der Waals surface area contributed by atoms with Gasteiger partial charge in [-0.05, 0) is 19.6 Å². The van der Waals surface area contributed by atoms with E-state index in [1.807, 2.05) is 0 Å². The predicted molar refractivity (Wildman–Crippen MR) is 130 cm³/mol. The molecule has 2 aromatic heterocycles. The fourth-order valence-corrected chi connectivity index (χ4v) is 4.35. The van der Waals surface area contributed by atoms with Gasteiger partial charge in [-0.25, -0.2) is 18.6 Å². The smallest absolute Gasteiger partial charge is 0.393 e. The number of ether oxygens (including phenoxy) is 1. The summed E-state index contributed by atoms with van der Waals surface area (Å²) < 4.78 is 22.3. The molecule has 0 spiro atoms. The van der Waals surface area contributed by atoms with Gasteiger partial charge in [0, 0.05) is 5.92 Å². The number of carbonyl (C=O) groups excluding carboxylic acids is 1. The summed E-state index contributed by atoms with van der Waals surface area (Å²) in [5, 5.41) is 30.3. The Balaban J connectivity index is 0.000000604. The Kier molecular flexibility index (Phi) is 10.1. The number of aliphatic hydroxyl groups is 3. The summed E-state index contributed by atoms with van der Waals surface area (Å²) in [7, 11) is -5.31. The average molecular weight is 551 g/mol. The summed E-state index contributed by atoms with van der Waals surface area (Å²) in [5.41, 5.74) is 4.30. The van der Waals surface area contributed by atoms with Crippen LogP contribution in [0, 0.1) is 5.92 Å². The van der Waals surface area contributed by atoms with E-state index in [0.29, 0.717) is 4.57 Å². The van der Waals surface area contributed by atoms with Crippen LogP contribution in [0.25, 0.3) is 11.2 Å². The van der Waals surface area contributed by atoms with Gasteiger partial charge in [0.2, 0.25) is 17.6 Å². The van der Waals surface area contributed by atoms with Crippen LogP contribution in [0.3, 0.4) is 0 Å². The van der Waals surface area contributed by atoms with E-state index in [0.717, 1.165) is 10.9 Å². The molecule has 0 radical (unpaired) electrons. The number of rotatable bonds is 8. The molecule has 1 aliphatic rings. The molecule has 17 heteroatoms. The van der Waals surface area contributed by atoms with E-state index in [2.05, 4.69) is 40.2 Å². The normalized spacial score (nSPS) is 24.1. The van der Waals surface area contributed by atoms with Crippen LogP contribution < -0.4 is 11.3 Å². The lowest BCUT2D eigenvalue weighted by molar-refractivity contribution is -0.224. The zero-order chi connectivity index (χ0) is 28.3. The molecule has 0 amide bonds. The number of fused-ring (bicyclic) bond motifs is 1. The number of anilines is 1. The van der Waals surface area contributed by atoms with Gasteiger partial charge < -0.3 is 40.5 Å². The molecule has 1 saturated heterocycles. The van der Waals surface area contributed by atoms with Crippen molar-refractivity contribution in [3.8, 4) is 0 Å². The van der Waals surface area contributed by atoms with Gasteiger partial charge in [0.15, 0.2) is 23.5 Å². The van der Waals surface area contributed by atoms with Crippen molar-refractivity contribution in [3.63, 3.8) is 0 Å². The zero-order valence-electron chi connectivity index (χ0n) is 21.3. The van der Waals surface area contributed by atoms with Crippen LogP contribution in [-0.4, -0.2) is 99.3 Å². The Morgan fingerprint density at radius 2 is 1.86 bits per heavy atom. The third-order valence-electron chi connectivity index (χ3n) is 5.84. The average Bonchev–Trinajstić information content (AvgIpc) is 3.32. The Morgan fingerprint density at radius 1 is 1.30 bits per heavy atom. The van der Waals surface area contributed by atoms with E-state index < -0.39 is 62.0 Å². The molecule has 3 heterocycles. The van der Waals surface area contributed by atoms with Crippen molar-refractivity contribution in [3.05, 3.63) is 16.7 Å². The molecule has 0 aromatic carbocycles. The standard InChI is InChI=1S/C14H20N5O10P.C6H15N/c1-5(2)10(22)19-11(23)7-9(17-13(19)15)18(4-16-7)12-8(21)14(24,6(3-20)28-12)29-30(25,26)27;1-4-7(5-2)6-3/h4-6,8,12,20-21,24H,3H2,1-2H3,(H2,15,17)(H2,25,26,27);4-6H2,1-3H3/t6-,8+,12-,14+;/m1./s1. The molecule has 7 N–H and O–H groups in total. The van der Waals surface area contributed by atoms with Gasteiger partial charge in [0.05, 0.1) is 12.9 Å². The first-order valence-corrected chi connectivity index (χ1v) is 13.1. The molecule has 1 aliphatic heterocycles. The highest BCUT2D eigenvalue weighted by Crippen LogP contribution is 2.48. The summed E-state index contributed by atoms with van der Waals surface area (Å²) in [6.07, 6.45) is -4.58. The number of aliphatic hydroxyl groups excluding tert-OH is 2. The van der Waals surface area contributed by atoms with Crippen molar-refractivity contribution in [2.75, 3.05) is 32.0 Å². The van der Waals surface area contributed by atoms with Crippen LogP contribution >= 0.6 is 7.82 Å². The summed E-state index contributed by atoms with van der Waals surface area (Å²) in [6.45, 7) is 12.2. The maximum Gasteiger partial charge on any atom is 0.472 e. The fraction of sp³-hybridized carbons (Fsp3) is 0.700. The van der Waals surface area contributed by atoms with Crippen LogP contribution in [0.4, 0.5) is 5.95 Å². The molecule has 0 unspecified atom stereocenters. The minimum atomic E-state index is -5.31. The van der Waals surface area contributed by atoms with Crippen LogP contribution in [-0.2, 0) is 13.8 Å². The Labute approximate surface area is 212 Å². The van der Waals surface area contributed by atoms with Gasteiger partial charge in [0.25, 0.3) is 5.56 Å². The molecule has 1 fully saturated rings. The van der Waals surface area contributed by atoms with Crippen LogP contribution in [0.1, 0.15) is 45.6 Å². The second-order valence-corrected chi connectivity index (χ2v) is 9.69. The van der Waals surface area contributed by atoms with E-state index in [4.69, 9.17) is 20.3 Å². The van der Waals surface area contributed by atoms with E-state index >= 15 is 0 Å². The first kappa shape index (κ1) is 31.0. The van der Waals surface area contributed by atoms with Gasteiger partial charge in [-0.1, -0.05) is 34.6 Å². The number of phosphoric ester groups is 1. The summed E-state index contributed by atoms with van der Waals surface area (Å²) in [6, 6.07) is 0. The number of carbonyl (C=O) groups is 1. The highest BCUT2D eigenvalue weighted by Gasteiger charge is 2.60. The van der Waals surface area contributed by atoms with Gasteiger partial charge in [-0.15, -0.1) is 0 Å². The predicted octanol–water partition coefficient (Wildman–Crippen LogP) is -1.13. The monoisotopic (exact) mass is 550 g/mol. The molecule has 37 heavy (non-hydrogen) atoms. The lowest BCUT2D eigenvalue weighted by Crippen LogP contribution is -2.50. The SMILES string of the molecule is CC(C)C(=O)n1c(N)nc2c(ncn2[C@@H]2O[C@H](CO)[C@](O)(OP(=O)(O)O)[C@H]2O)c1=O.CCN(CC)CC. The van der Waals surface area contributed by atoms with Crippen molar-refractivity contribution in [1.29, 1.82) is 0 Å². The number of imidazole rings is 1. The minimum absolute atomic E-state index is 0.244. The third kappa shape index (κ3) is 6.42. The maximum atomic E-state index is 12.7. The quantitative estimate of drug-likeness (QED) is 0.168. The molecule has 2 aromatic rings. The van der Waals surface area contributed by atoms with E-state index in [1.54, 1.807) is 13.8 Å². The maximum absolute atomic E-state index is 12.7. The molecule has 16 nitrogen and oxygen atoms in total. The van der Waals surface area contributed by atoms with Crippen molar-refractivity contribution >= 4 is 30.8 Å². The number of hydrogen-bond donors (Lipinski definition) is 6. The summed E-state index contributed by atoms with van der Waals surface area (Å²) >= 11 is 0. The lowest BCUT2D eigenvalue weighted by atomic mass is 10.1. The number of nitrogen functional groups attached to an aromatic ring is 1. The number of nitrogens with zero attached hydrogens (tertiary/aromatic N) is 5. The second-order valence-electron chi connectivity index (χ2n) is 8.52. The molecule has 210 valence electrons. The summed E-state index contributed by atoms with van der Waals surface area (Å²) in [5.74, 6) is -4.66. The van der Waals surface area contributed by atoms with Gasteiger partial charge >= 0.3 is 7.82 Å². The molecule has 0 aliphatic carbocycles. The third-order valence-corrected chi connectivity index (χ3v) is 6.37. The van der Waals surface area contributed by atoms with E-state index in [-0.39, 0.29) is 11.2 Å². The van der Waals surface area contributed by atoms with E-state index in [1.165, 1.54) is 19.6 Å². The number of hydrogen-bond acceptors (Lipinski definition) is 12. The van der Waals surface area contributed by atoms with E-state index in [9.17, 15) is 29.5 Å². The first-order valence-electron chi connectivity index (χ1n) is 11.6. The highest BCUT2D eigenvalue weighted by molar-refractivity contribution is 7.46. The molecule has 0 bridgehead atoms.